The van der Waals surface area contributed by atoms with Crippen LogP contribution >= 0.6 is 24.8 Å². The summed E-state index contributed by atoms with van der Waals surface area (Å²) in [6.45, 7) is 1.88. The van der Waals surface area contributed by atoms with Gasteiger partial charge in [0.25, 0.3) is 0 Å². The van der Waals surface area contributed by atoms with Gasteiger partial charge in [-0.2, -0.15) is 0 Å². The fourth-order valence-electron chi connectivity index (χ4n) is 0.580. The first-order valence-electron chi connectivity index (χ1n) is 2.45. The average Bonchev–Trinajstić information content (AvgIpc) is 2.13. The number of thiocarbonyl (C=S) groups is 1. The van der Waals surface area contributed by atoms with Crippen LogP contribution in [0.2, 0.25) is 0 Å². The van der Waals surface area contributed by atoms with E-state index in [2.05, 4.69) is 17.6 Å². The van der Waals surface area contributed by atoms with Crippen molar-refractivity contribution in [3.05, 3.63) is 18.2 Å². The molecular formula is C5H6N2S2. The van der Waals surface area contributed by atoms with Gasteiger partial charge in [0.05, 0.1) is 0 Å². The number of hydrogen-bond donors (Lipinski definition) is 1. The summed E-state index contributed by atoms with van der Waals surface area (Å²) < 4.78 is 2.27. The van der Waals surface area contributed by atoms with Gasteiger partial charge in [-0.25, -0.2) is 4.98 Å². The maximum atomic E-state index is 4.79. The summed E-state index contributed by atoms with van der Waals surface area (Å²) in [6, 6.07) is 0. The number of nitrogens with zero attached hydrogens (tertiary/aromatic N) is 2. The monoisotopic (exact) mass is 158 g/mol. The molecule has 0 aliphatic rings. The van der Waals surface area contributed by atoms with E-state index in [9.17, 15) is 0 Å². The lowest BCUT2D eigenvalue weighted by molar-refractivity contribution is 1.06. The molecule has 0 fully saturated rings. The van der Waals surface area contributed by atoms with E-state index in [1.54, 1.807) is 17.0 Å². The molecule has 0 aromatic carbocycles. The Kier molecular flexibility index (Phi) is 1.87. The highest BCUT2D eigenvalue weighted by Gasteiger charge is 1.95. The van der Waals surface area contributed by atoms with E-state index >= 15 is 0 Å². The maximum absolute atomic E-state index is 4.79. The Labute approximate surface area is 64.3 Å². The van der Waals surface area contributed by atoms with E-state index in [0.717, 1.165) is 5.82 Å². The molecular weight excluding hydrogens is 152 g/mol. The van der Waals surface area contributed by atoms with Crippen molar-refractivity contribution in [1.82, 2.24) is 9.55 Å². The molecule has 0 radical (unpaired) electrons. The molecule has 0 aliphatic heterocycles. The van der Waals surface area contributed by atoms with E-state index in [1.807, 2.05) is 6.92 Å². The van der Waals surface area contributed by atoms with Crippen LogP contribution in [0.1, 0.15) is 5.82 Å². The zero-order chi connectivity index (χ0) is 6.85. The first-order chi connectivity index (χ1) is 4.22. The van der Waals surface area contributed by atoms with Crippen molar-refractivity contribution in [2.45, 2.75) is 6.92 Å². The molecule has 0 amide bonds. The molecule has 4 heteroatoms. The van der Waals surface area contributed by atoms with Crippen molar-refractivity contribution < 1.29 is 0 Å². The fraction of sp³-hybridized carbons (Fsp3) is 0.200. The van der Waals surface area contributed by atoms with Crippen LogP contribution in [0.15, 0.2) is 12.4 Å². The first kappa shape index (κ1) is 6.77. The van der Waals surface area contributed by atoms with Crippen molar-refractivity contribution >= 4 is 29.2 Å². The van der Waals surface area contributed by atoms with Gasteiger partial charge >= 0.3 is 0 Å². The van der Waals surface area contributed by atoms with Gasteiger partial charge in [0, 0.05) is 12.4 Å². The van der Waals surface area contributed by atoms with Crippen LogP contribution < -0.4 is 0 Å². The van der Waals surface area contributed by atoms with Gasteiger partial charge in [0.15, 0.2) is 0 Å². The van der Waals surface area contributed by atoms with Crippen LogP contribution in [0.4, 0.5) is 0 Å². The molecule has 1 rings (SSSR count). The quantitative estimate of drug-likeness (QED) is 0.452. The zero-order valence-electron chi connectivity index (χ0n) is 4.90. The average molecular weight is 158 g/mol. The third-order valence-corrected chi connectivity index (χ3v) is 1.44. The molecule has 0 spiro atoms. The topological polar surface area (TPSA) is 17.8 Å². The lowest BCUT2D eigenvalue weighted by Gasteiger charge is -1.96. The normalized spacial score (nSPS) is 9.56. The van der Waals surface area contributed by atoms with Gasteiger partial charge in [-0.05, 0) is 6.92 Å². The van der Waals surface area contributed by atoms with E-state index in [1.165, 1.54) is 0 Å². The molecule has 0 saturated carbocycles. The third-order valence-electron chi connectivity index (χ3n) is 1.03. The second kappa shape index (κ2) is 2.49. The van der Waals surface area contributed by atoms with Gasteiger partial charge in [0.2, 0.25) is 0 Å². The maximum Gasteiger partial charge on any atom is 0.142 e. The molecule has 48 valence electrons. The van der Waals surface area contributed by atoms with Crippen LogP contribution in [0.25, 0.3) is 0 Å². The summed E-state index contributed by atoms with van der Waals surface area (Å²) in [4.78, 5) is 3.96. The fourth-order valence-corrected chi connectivity index (χ4v) is 0.984. The number of thiol groups is 1. The molecule has 1 aromatic heterocycles. The second-order valence-electron chi connectivity index (χ2n) is 1.63. The Balaban J connectivity index is 3.08. The third kappa shape index (κ3) is 1.31. The summed E-state index contributed by atoms with van der Waals surface area (Å²) >= 11 is 8.77. The van der Waals surface area contributed by atoms with Crippen molar-refractivity contribution in [2.75, 3.05) is 0 Å². The van der Waals surface area contributed by atoms with Crippen molar-refractivity contribution in [2.24, 2.45) is 0 Å². The summed E-state index contributed by atoms with van der Waals surface area (Å²) in [5.41, 5.74) is 0. The van der Waals surface area contributed by atoms with Crippen molar-refractivity contribution in [1.29, 1.82) is 0 Å². The van der Waals surface area contributed by atoms with Crippen LogP contribution in [0, 0.1) is 6.92 Å². The van der Waals surface area contributed by atoms with Gasteiger partial charge in [-0.15, -0.1) is 12.6 Å². The van der Waals surface area contributed by atoms with E-state index in [0.29, 0.717) is 4.32 Å². The molecule has 0 unspecified atom stereocenters. The smallest absolute Gasteiger partial charge is 0.142 e. The SMILES string of the molecule is Cc1nccn1C(=S)S. The highest BCUT2D eigenvalue weighted by molar-refractivity contribution is 8.11. The Morgan fingerprint density at radius 3 is 2.78 bits per heavy atom. The molecule has 0 aliphatic carbocycles. The minimum Gasteiger partial charge on any atom is -0.289 e. The van der Waals surface area contributed by atoms with Crippen LogP contribution in [0.5, 0.6) is 0 Å². The first-order valence-corrected chi connectivity index (χ1v) is 3.30. The van der Waals surface area contributed by atoms with Crippen LogP contribution in [-0.4, -0.2) is 13.9 Å². The molecule has 1 aromatic rings. The molecule has 0 saturated heterocycles. The molecule has 0 atom stereocenters. The molecule has 0 N–H and O–H groups in total. The lowest BCUT2D eigenvalue weighted by Crippen LogP contribution is -2.01. The highest BCUT2D eigenvalue weighted by atomic mass is 32.1. The predicted octanol–water partition coefficient (Wildman–Crippen LogP) is 1.25. The van der Waals surface area contributed by atoms with Crippen molar-refractivity contribution in [3.63, 3.8) is 0 Å². The Bertz CT molecular complexity index is 229. The minimum absolute atomic E-state index is 0.532. The number of aromatic nitrogens is 2. The Morgan fingerprint density at radius 2 is 2.56 bits per heavy atom. The number of aryl methyl sites for hydroxylation is 1. The van der Waals surface area contributed by atoms with E-state index in [-0.39, 0.29) is 0 Å². The molecule has 9 heavy (non-hydrogen) atoms. The number of rotatable bonds is 0. The summed E-state index contributed by atoms with van der Waals surface area (Å²) in [5, 5.41) is 0. The van der Waals surface area contributed by atoms with Gasteiger partial charge in [0.1, 0.15) is 10.1 Å². The Morgan fingerprint density at radius 1 is 1.89 bits per heavy atom. The van der Waals surface area contributed by atoms with E-state index in [4.69, 9.17) is 12.2 Å². The minimum atomic E-state index is 0.532. The van der Waals surface area contributed by atoms with Crippen LogP contribution in [0.3, 0.4) is 0 Å². The molecule has 1 heterocycles. The molecule has 0 bridgehead atoms. The van der Waals surface area contributed by atoms with Gasteiger partial charge in [-0.1, -0.05) is 12.2 Å². The van der Waals surface area contributed by atoms with Gasteiger partial charge < -0.3 is 0 Å². The summed E-state index contributed by atoms with van der Waals surface area (Å²) in [5.74, 6) is 0.870. The van der Waals surface area contributed by atoms with E-state index < -0.39 is 0 Å². The molecule has 2 nitrogen and oxygen atoms in total. The van der Waals surface area contributed by atoms with Gasteiger partial charge in [-0.3, -0.25) is 4.57 Å². The Hall–Kier alpha value is -0.350. The largest absolute Gasteiger partial charge is 0.289 e. The number of imidazole rings is 1. The van der Waals surface area contributed by atoms with Crippen molar-refractivity contribution in [3.8, 4) is 0 Å². The highest BCUT2D eigenvalue weighted by Crippen LogP contribution is 1.97. The summed E-state index contributed by atoms with van der Waals surface area (Å²) in [6.07, 6.45) is 3.47. The summed E-state index contributed by atoms with van der Waals surface area (Å²) in [7, 11) is 0. The zero-order valence-corrected chi connectivity index (χ0v) is 6.62. The second-order valence-corrected chi connectivity index (χ2v) is 2.74. The lowest BCUT2D eigenvalue weighted by atomic mass is 10.7. The standard InChI is InChI=1S/C5H6N2S2/c1-4-6-2-3-7(4)5(8)9/h2-3H,1H3,(H,8,9). The number of hydrogen-bond acceptors (Lipinski definition) is 2. The van der Waals surface area contributed by atoms with Crippen LogP contribution in [-0.2, 0) is 0 Å². The predicted molar refractivity (Wildman–Crippen MR) is 43.9 cm³/mol.